The maximum absolute atomic E-state index is 13.6. The number of benzene rings is 1. The third kappa shape index (κ3) is 3.05. The highest BCUT2D eigenvalue weighted by atomic mass is 31.0. The Labute approximate surface area is 99.9 Å². The maximum atomic E-state index is 13.6. The van der Waals surface area contributed by atoms with Crippen molar-refractivity contribution in [2.45, 2.75) is 38.6 Å². The molecule has 0 heterocycles. The Bertz CT molecular complexity index is 385. The maximum Gasteiger partial charge on any atom is 0.165 e. The van der Waals surface area contributed by atoms with Gasteiger partial charge < -0.3 is 5.11 Å². The molecule has 16 heavy (non-hydrogen) atoms. The molecule has 1 atom stereocenters. The van der Waals surface area contributed by atoms with Crippen LogP contribution in [0.15, 0.2) is 18.2 Å². The standard InChI is InChI=1S/C12H18BFOP/c1-11(2,12(3,4)15)13-9-6-5-8(16)7-10(9)14/h5-7,15H,16H2,1-4H3. The minimum Gasteiger partial charge on any atom is -0.391 e. The van der Waals surface area contributed by atoms with Gasteiger partial charge >= 0.3 is 0 Å². The lowest BCUT2D eigenvalue weighted by atomic mass is 9.45. The molecule has 0 saturated heterocycles. The van der Waals surface area contributed by atoms with Crippen LogP contribution < -0.4 is 10.8 Å². The molecule has 0 bridgehead atoms. The van der Waals surface area contributed by atoms with Gasteiger partial charge in [0.15, 0.2) is 7.28 Å². The Hall–Kier alpha value is -0.395. The summed E-state index contributed by atoms with van der Waals surface area (Å²) in [6.45, 7) is 7.24. The first-order valence-electron chi connectivity index (χ1n) is 5.27. The van der Waals surface area contributed by atoms with E-state index in [2.05, 4.69) is 9.24 Å². The van der Waals surface area contributed by atoms with Crippen LogP contribution in [0, 0.1) is 5.82 Å². The molecule has 0 aliphatic rings. The highest BCUT2D eigenvalue weighted by Crippen LogP contribution is 2.36. The monoisotopic (exact) mass is 239 g/mol. The summed E-state index contributed by atoms with van der Waals surface area (Å²) in [5, 5.41) is 10.3. The fourth-order valence-corrected chi connectivity index (χ4v) is 1.47. The molecule has 0 amide bonds. The molecular weight excluding hydrogens is 221 g/mol. The third-order valence-electron chi connectivity index (χ3n) is 3.12. The predicted octanol–water partition coefficient (Wildman–Crippen LogP) is 1.62. The largest absolute Gasteiger partial charge is 0.391 e. The topological polar surface area (TPSA) is 20.2 Å². The first-order valence-corrected chi connectivity index (χ1v) is 5.84. The summed E-state index contributed by atoms with van der Waals surface area (Å²) in [6, 6.07) is 5.03. The SMILES string of the molecule is CC(C)(O)C(C)(C)[B]c1ccc(P)cc1F. The van der Waals surface area contributed by atoms with Crippen molar-refractivity contribution < 1.29 is 9.50 Å². The number of hydrogen-bond acceptors (Lipinski definition) is 1. The zero-order valence-electron chi connectivity index (χ0n) is 10.2. The van der Waals surface area contributed by atoms with Crippen molar-refractivity contribution in [3.05, 3.63) is 24.0 Å². The van der Waals surface area contributed by atoms with Crippen molar-refractivity contribution in [1.82, 2.24) is 0 Å². The van der Waals surface area contributed by atoms with Gasteiger partial charge in [-0.05, 0) is 30.5 Å². The van der Waals surface area contributed by atoms with Crippen LogP contribution in [0.2, 0.25) is 5.31 Å². The summed E-state index contributed by atoms with van der Waals surface area (Å²) < 4.78 is 13.6. The Morgan fingerprint density at radius 3 is 2.25 bits per heavy atom. The number of aliphatic hydroxyl groups is 1. The van der Waals surface area contributed by atoms with E-state index in [-0.39, 0.29) is 5.82 Å². The summed E-state index contributed by atoms with van der Waals surface area (Å²) in [5.41, 5.74) is -0.364. The second kappa shape index (κ2) is 4.47. The normalized spacial score (nSPS) is 12.7. The lowest BCUT2D eigenvalue weighted by Crippen LogP contribution is -2.42. The Kier molecular flexibility index (Phi) is 3.81. The molecule has 87 valence electrons. The van der Waals surface area contributed by atoms with E-state index < -0.39 is 10.9 Å². The Morgan fingerprint density at radius 1 is 1.25 bits per heavy atom. The van der Waals surface area contributed by atoms with Crippen LogP contribution in [-0.4, -0.2) is 18.0 Å². The number of halogens is 1. The van der Waals surface area contributed by atoms with Gasteiger partial charge in [-0.2, -0.15) is 0 Å². The molecule has 0 fully saturated rings. The molecule has 0 spiro atoms. The van der Waals surface area contributed by atoms with Crippen LogP contribution in [0.5, 0.6) is 0 Å². The van der Waals surface area contributed by atoms with Gasteiger partial charge in [-0.3, -0.25) is 0 Å². The van der Waals surface area contributed by atoms with Crippen LogP contribution >= 0.6 is 9.24 Å². The lowest BCUT2D eigenvalue weighted by Gasteiger charge is -2.37. The van der Waals surface area contributed by atoms with E-state index in [0.29, 0.717) is 5.46 Å². The average molecular weight is 239 g/mol. The molecule has 0 aliphatic heterocycles. The minimum atomic E-state index is -0.890. The van der Waals surface area contributed by atoms with Gasteiger partial charge in [-0.25, -0.2) is 4.39 Å². The molecule has 4 heteroatoms. The van der Waals surface area contributed by atoms with E-state index in [9.17, 15) is 9.50 Å². The molecule has 1 N–H and O–H groups in total. The zero-order valence-corrected chi connectivity index (χ0v) is 11.4. The Balaban J connectivity index is 2.97. The van der Waals surface area contributed by atoms with Gasteiger partial charge in [0.25, 0.3) is 0 Å². The summed E-state index contributed by atoms with van der Waals surface area (Å²) in [4.78, 5) is 0. The van der Waals surface area contributed by atoms with Crippen LogP contribution in [0.3, 0.4) is 0 Å². The van der Waals surface area contributed by atoms with Gasteiger partial charge in [-0.15, -0.1) is 9.24 Å². The quantitative estimate of drug-likeness (QED) is 0.627. The predicted molar refractivity (Wildman–Crippen MR) is 71.5 cm³/mol. The van der Waals surface area contributed by atoms with Gasteiger partial charge in [0.05, 0.1) is 5.60 Å². The number of rotatable bonds is 3. The van der Waals surface area contributed by atoms with Gasteiger partial charge in [-0.1, -0.05) is 31.4 Å². The fourth-order valence-electron chi connectivity index (χ4n) is 1.23. The van der Waals surface area contributed by atoms with Crippen LogP contribution in [0.25, 0.3) is 0 Å². The van der Waals surface area contributed by atoms with E-state index >= 15 is 0 Å². The smallest absolute Gasteiger partial charge is 0.165 e. The van der Waals surface area contributed by atoms with Crippen molar-refractivity contribution in [3.8, 4) is 0 Å². The third-order valence-corrected chi connectivity index (χ3v) is 3.48. The highest BCUT2D eigenvalue weighted by molar-refractivity contribution is 7.27. The van der Waals surface area contributed by atoms with Crippen molar-refractivity contribution in [2.75, 3.05) is 0 Å². The van der Waals surface area contributed by atoms with Crippen molar-refractivity contribution >= 4 is 27.3 Å². The van der Waals surface area contributed by atoms with Crippen LogP contribution in [-0.2, 0) is 0 Å². The molecule has 1 aromatic rings. The highest BCUT2D eigenvalue weighted by Gasteiger charge is 2.36. The second-order valence-corrected chi connectivity index (χ2v) is 5.87. The molecule has 1 radical (unpaired) electrons. The molecule has 1 rings (SSSR count). The zero-order chi connectivity index (χ0) is 12.6. The molecule has 1 nitrogen and oxygen atoms in total. The van der Waals surface area contributed by atoms with Gasteiger partial charge in [0, 0.05) is 0 Å². The first kappa shape index (κ1) is 13.7. The van der Waals surface area contributed by atoms with Gasteiger partial charge in [0.2, 0.25) is 0 Å². The van der Waals surface area contributed by atoms with Crippen LogP contribution in [0.4, 0.5) is 4.39 Å². The summed E-state index contributed by atoms with van der Waals surface area (Å²) >= 11 is 0. The minimum absolute atomic E-state index is 0.259. The molecule has 0 saturated carbocycles. The summed E-state index contributed by atoms with van der Waals surface area (Å²) in [5.74, 6) is -0.259. The van der Waals surface area contributed by atoms with Gasteiger partial charge in [0.1, 0.15) is 5.82 Å². The molecule has 1 unspecified atom stereocenters. The number of hydrogen-bond donors (Lipinski definition) is 1. The van der Waals surface area contributed by atoms with Crippen molar-refractivity contribution in [2.24, 2.45) is 0 Å². The first-order chi connectivity index (χ1) is 7.13. The molecular formula is C12H18BFOP. The van der Waals surface area contributed by atoms with E-state index in [1.54, 1.807) is 27.2 Å². The fraction of sp³-hybridized carbons (Fsp3) is 0.500. The van der Waals surface area contributed by atoms with Crippen LogP contribution in [0.1, 0.15) is 27.7 Å². The Morgan fingerprint density at radius 2 is 1.81 bits per heavy atom. The van der Waals surface area contributed by atoms with Crippen molar-refractivity contribution in [3.63, 3.8) is 0 Å². The molecule has 0 aromatic heterocycles. The average Bonchev–Trinajstić information content (AvgIpc) is 2.08. The second-order valence-electron chi connectivity index (χ2n) is 5.21. The molecule has 1 aromatic carbocycles. The summed E-state index contributed by atoms with van der Waals surface area (Å²) in [6.07, 6.45) is 0. The van der Waals surface area contributed by atoms with E-state index in [0.717, 1.165) is 5.30 Å². The summed E-state index contributed by atoms with van der Waals surface area (Å²) in [7, 11) is 4.23. The lowest BCUT2D eigenvalue weighted by molar-refractivity contribution is 0.0410. The van der Waals surface area contributed by atoms with E-state index in [1.807, 2.05) is 19.9 Å². The van der Waals surface area contributed by atoms with Crippen molar-refractivity contribution in [1.29, 1.82) is 0 Å². The molecule has 0 aliphatic carbocycles. The van der Waals surface area contributed by atoms with E-state index in [1.165, 1.54) is 6.07 Å². The van der Waals surface area contributed by atoms with E-state index in [4.69, 9.17) is 0 Å².